The normalized spacial score (nSPS) is 20.0. The van der Waals surface area contributed by atoms with E-state index in [0.717, 1.165) is 43.5 Å². The van der Waals surface area contributed by atoms with Crippen LogP contribution in [0.5, 0.6) is 5.75 Å². The number of hydrazone groups is 1. The molecule has 2 unspecified atom stereocenters. The first-order valence-electron chi connectivity index (χ1n) is 9.33. The molecule has 0 amide bonds. The first-order chi connectivity index (χ1) is 14.0. The lowest BCUT2D eigenvalue weighted by Gasteiger charge is -2.38. The number of ether oxygens (including phenoxy) is 1. The fourth-order valence-corrected chi connectivity index (χ4v) is 5.36. The molecule has 0 bridgehead atoms. The second-order valence-corrected chi connectivity index (χ2v) is 9.55. The summed E-state index contributed by atoms with van der Waals surface area (Å²) in [5.41, 5.74) is 5.61. The first kappa shape index (κ1) is 19.2. The molecule has 0 radical (unpaired) electrons. The summed E-state index contributed by atoms with van der Waals surface area (Å²) < 4.78 is 8.42. The van der Waals surface area contributed by atoms with Gasteiger partial charge in [0.15, 0.2) is 0 Å². The topological polar surface area (TPSA) is 24.8 Å². The van der Waals surface area contributed by atoms with Gasteiger partial charge in [-0.1, -0.05) is 69.5 Å². The molecule has 146 valence electrons. The van der Waals surface area contributed by atoms with Crippen molar-refractivity contribution in [2.24, 2.45) is 5.10 Å². The van der Waals surface area contributed by atoms with Crippen LogP contribution in [0, 0.1) is 6.92 Å². The van der Waals surface area contributed by atoms with Crippen molar-refractivity contribution in [2.75, 3.05) is 0 Å². The molecular formula is C23H17Br2ClN2O. The number of aryl methyl sites for hydroxylation is 1. The Labute approximate surface area is 191 Å². The van der Waals surface area contributed by atoms with E-state index in [0.29, 0.717) is 5.02 Å². The van der Waals surface area contributed by atoms with E-state index >= 15 is 0 Å². The molecule has 29 heavy (non-hydrogen) atoms. The van der Waals surface area contributed by atoms with Gasteiger partial charge in [-0.3, -0.25) is 0 Å². The molecule has 0 saturated heterocycles. The third-order valence-corrected chi connectivity index (χ3v) is 6.65. The predicted octanol–water partition coefficient (Wildman–Crippen LogP) is 7.42. The molecule has 0 spiro atoms. The molecule has 2 aliphatic rings. The number of benzene rings is 3. The van der Waals surface area contributed by atoms with E-state index in [9.17, 15) is 0 Å². The zero-order valence-corrected chi connectivity index (χ0v) is 19.5. The van der Waals surface area contributed by atoms with Crippen LogP contribution in [-0.4, -0.2) is 10.7 Å². The van der Waals surface area contributed by atoms with Crippen molar-refractivity contribution in [3.05, 3.63) is 96.9 Å². The number of hydrogen-bond acceptors (Lipinski definition) is 3. The second kappa shape index (κ2) is 7.46. The van der Waals surface area contributed by atoms with Gasteiger partial charge in [0.2, 0.25) is 6.23 Å². The lowest BCUT2D eigenvalue weighted by molar-refractivity contribution is -0.0197. The Balaban J connectivity index is 1.62. The summed E-state index contributed by atoms with van der Waals surface area (Å²) in [6, 6.07) is 20.6. The number of hydrogen-bond donors (Lipinski definition) is 0. The van der Waals surface area contributed by atoms with Gasteiger partial charge < -0.3 is 4.74 Å². The Morgan fingerprint density at radius 3 is 2.48 bits per heavy atom. The van der Waals surface area contributed by atoms with Crippen molar-refractivity contribution in [2.45, 2.75) is 25.6 Å². The predicted molar refractivity (Wildman–Crippen MR) is 124 cm³/mol. The first-order valence-corrected chi connectivity index (χ1v) is 11.3. The molecule has 6 heteroatoms. The number of halogens is 3. The lowest BCUT2D eigenvalue weighted by Crippen LogP contribution is -2.33. The van der Waals surface area contributed by atoms with Crippen molar-refractivity contribution < 1.29 is 4.74 Å². The number of rotatable bonds is 2. The third-order valence-electron chi connectivity index (χ3n) is 5.35. The Morgan fingerprint density at radius 1 is 1.03 bits per heavy atom. The smallest absolute Gasteiger partial charge is 0.213 e. The molecular weight excluding hydrogens is 516 g/mol. The highest BCUT2D eigenvalue weighted by Crippen LogP contribution is 2.50. The van der Waals surface area contributed by atoms with Crippen molar-refractivity contribution >= 4 is 49.2 Å². The molecule has 0 aliphatic carbocycles. The van der Waals surface area contributed by atoms with Gasteiger partial charge in [0, 0.05) is 27.0 Å². The van der Waals surface area contributed by atoms with Gasteiger partial charge in [0.25, 0.3) is 0 Å². The maximum atomic E-state index is 6.47. The van der Waals surface area contributed by atoms with Gasteiger partial charge in [-0.25, -0.2) is 5.01 Å². The van der Waals surface area contributed by atoms with Gasteiger partial charge in [-0.2, -0.15) is 5.10 Å². The molecule has 0 fully saturated rings. The average Bonchev–Trinajstić information content (AvgIpc) is 3.14. The van der Waals surface area contributed by atoms with Crippen molar-refractivity contribution in [3.8, 4) is 5.75 Å². The standard InChI is InChI=1S/C23H17Br2ClN2O/c1-13-2-4-14(5-3-13)20-12-21-18-10-16(24)11-19(25)22(18)29-23(28(21)27-20)15-6-8-17(26)9-7-15/h2-11,21,23H,12H2,1H3. The minimum absolute atomic E-state index is 0.101. The lowest BCUT2D eigenvalue weighted by atomic mass is 9.95. The Morgan fingerprint density at radius 2 is 1.76 bits per heavy atom. The summed E-state index contributed by atoms with van der Waals surface area (Å²) >= 11 is 13.4. The molecule has 0 aromatic heterocycles. The fourth-order valence-electron chi connectivity index (χ4n) is 3.88. The van der Waals surface area contributed by atoms with Crippen LogP contribution in [0.15, 0.2) is 74.7 Å². The van der Waals surface area contributed by atoms with E-state index in [-0.39, 0.29) is 12.3 Å². The van der Waals surface area contributed by atoms with E-state index in [1.807, 2.05) is 30.3 Å². The van der Waals surface area contributed by atoms with Crippen molar-refractivity contribution in [3.63, 3.8) is 0 Å². The zero-order chi connectivity index (χ0) is 20.1. The van der Waals surface area contributed by atoms with Crippen molar-refractivity contribution in [1.82, 2.24) is 5.01 Å². The SMILES string of the molecule is Cc1ccc(C2=NN3C(C2)c2cc(Br)cc(Br)c2OC3c2ccc(Cl)cc2)cc1. The van der Waals surface area contributed by atoms with E-state index in [4.69, 9.17) is 21.4 Å². The van der Waals surface area contributed by atoms with Gasteiger partial charge in [0.05, 0.1) is 16.2 Å². The maximum absolute atomic E-state index is 6.47. The van der Waals surface area contributed by atoms with Crippen LogP contribution in [-0.2, 0) is 0 Å². The van der Waals surface area contributed by atoms with Gasteiger partial charge >= 0.3 is 0 Å². The molecule has 3 aromatic rings. The molecule has 3 nitrogen and oxygen atoms in total. The highest BCUT2D eigenvalue weighted by atomic mass is 79.9. The van der Waals surface area contributed by atoms with Crippen molar-refractivity contribution in [1.29, 1.82) is 0 Å². The summed E-state index contributed by atoms with van der Waals surface area (Å²) in [6.07, 6.45) is 0.511. The summed E-state index contributed by atoms with van der Waals surface area (Å²) in [6.45, 7) is 2.10. The van der Waals surface area contributed by atoms with E-state index in [1.54, 1.807) is 0 Å². The molecule has 2 heterocycles. The Hall–Kier alpha value is -1.82. The average molecular weight is 533 g/mol. The zero-order valence-electron chi connectivity index (χ0n) is 15.6. The van der Waals surface area contributed by atoms with Gasteiger partial charge in [-0.05, 0) is 52.7 Å². The maximum Gasteiger partial charge on any atom is 0.213 e. The largest absolute Gasteiger partial charge is 0.463 e. The number of nitrogens with zero attached hydrogens (tertiary/aromatic N) is 2. The second-order valence-electron chi connectivity index (χ2n) is 7.34. The van der Waals surface area contributed by atoms with E-state index in [2.05, 4.69) is 74.1 Å². The van der Waals surface area contributed by atoms with Crippen LogP contribution in [0.4, 0.5) is 0 Å². The van der Waals surface area contributed by atoms with Crippen LogP contribution in [0.3, 0.4) is 0 Å². The third kappa shape index (κ3) is 3.49. The van der Waals surface area contributed by atoms with Crippen LogP contribution in [0.25, 0.3) is 0 Å². The molecule has 2 aliphatic heterocycles. The minimum Gasteiger partial charge on any atom is -0.463 e. The van der Waals surface area contributed by atoms with Crippen LogP contribution < -0.4 is 4.74 Å². The molecule has 3 aromatic carbocycles. The molecule has 2 atom stereocenters. The van der Waals surface area contributed by atoms with Crippen LogP contribution >= 0.6 is 43.5 Å². The van der Waals surface area contributed by atoms with Gasteiger partial charge in [-0.15, -0.1) is 0 Å². The Kier molecular flexibility index (Phi) is 4.93. The Bertz CT molecular complexity index is 1110. The van der Waals surface area contributed by atoms with Crippen LogP contribution in [0.2, 0.25) is 5.02 Å². The summed E-state index contributed by atoms with van der Waals surface area (Å²) in [5, 5.41) is 7.80. The molecule has 0 saturated carbocycles. The van der Waals surface area contributed by atoms with E-state index in [1.165, 1.54) is 5.56 Å². The molecule has 0 N–H and O–H groups in total. The monoisotopic (exact) mass is 530 g/mol. The van der Waals surface area contributed by atoms with Gasteiger partial charge in [0.1, 0.15) is 5.75 Å². The van der Waals surface area contributed by atoms with Crippen LogP contribution in [0.1, 0.15) is 40.9 Å². The quantitative estimate of drug-likeness (QED) is 0.343. The fraction of sp³-hybridized carbons (Fsp3) is 0.174. The highest BCUT2D eigenvalue weighted by Gasteiger charge is 2.41. The summed E-state index contributed by atoms with van der Waals surface area (Å²) in [7, 11) is 0. The summed E-state index contributed by atoms with van der Waals surface area (Å²) in [4.78, 5) is 0. The minimum atomic E-state index is -0.315. The highest BCUT2D eigenvalue weighted by molar-refractivity contribution is 9.11. The van der Waals surface area contributed by atoms with E-state index < -0.39 is 0 Å². The molecule has 5 rings (SSSR count). The number of fused-ring (bicyclic) bond motifs is 3. The summed E-state index contributed by atoms with van der Waals surface area (Å²) in [5.74, 6) is 0.870.